The maximum absolute atomic E-state index is 9.77. The van der Waals surface area contributed by atoms with Gasteiger partial charge in [0.2, 0.25) is 0 Å². The SMILES string of the molecule is CP(C)(=O)O.N=C=S. The van der Waals surface area contributed by atoms with Crippen molar-refractivity contribution < 1.29 is 9.46 Å². The van der Waals surface area contributed by atoms with Crippen molar-refractivity contribution in [2.75, 3.05) is 13.3 Å². The van der Waals surface area contributed by atoms with E-state index in [2.05, 4.69) is 12.2 Å². The van der Waals surface area contributed by atoms with Crippen LogP contribution in [-0.2, 0) is 4.57 Å². The van der Waals surface area contributed by atoms with E-state index >= 15 is 0 Å². The first kappa shape index (κ1) is 10.9. The Morgan fingerprint density at radius 3 is 1.75 bits per heavy atom. The van der Waals surface area contributed by atoms with E-state index in [9.17, 15) is 4.57 Å². The quantitative estimate of drug-likeness (QED) is 0.312. The van der Waals surface area contributed by atoms with Gasteiger partial charge in [0, 0.05) is 13.3 Å². The van der Waals surface area contributed by atoms with Crippen molar-refractivity contribution in [1.82, 2.24) is 0 Å². The lowest BCUT2D eigenvalue weighted by Gasteiger charge is -1.86. The van der Waals surface area contributed by atoms with Gasteiger partial charge >= 0.3 is 0 Å². The minimum Gasteiger partial charge on any atom is -0.345 e. The summed E-state index contributed by atoms with van der Waals surface area (Å²) >= 11 is 3.81. The van der Waals surface area contributed by atoms with Crippen molar-refractivity contribution in [2.24, 2.45) is 0 Å². The molecule has 0 bridgehead atoms. The third-order valence-corrected chi connectivity index (χ3v) is 0. The molecule has 2 N–H and O–H groups in total. The second kappa shape index (κ2) is 5.13. The molecule has 0 aliphatic heterocycles. The summed E-state index contributed by atoms with van der Waals surface area (Å²) < 4.78 is 9.77. The monoisotopic (exact) mass is 153 g/mol. The molecule has 0 unspecified atom stereocenters. The Bertz CT molecular complexity index is 115. The molecule has 0 aromatic rings. The molecule has 0 spiro atoms. The summed E-state index contributed by atoms with van der Waals surface area (Å²) in [6.45, 7) is 2.60. The molecule has 0 aliphatic rings. The van der Waals surface area contributed by atoms with Crippen LogP contribution in [0.3, 0.4) is 0 Å². The smallest absolute Gasteiger partial charge is 0.194 e. The van der Waals surface area contributed by atoms with Crippen LogP contribution in [0.4, 0.5) is 0 Å². The summed E-state index contributed by atoms with van der Waals surface area (Å²) in [5, 5.41) is 7.36. The molecule has 0 aliphatic carbocycles. The summed E-state index contributed by atoms with van der Waals surface area (Å²) in [6, 6.07) is 0. The number of hydrogen-bond acceptors (Lipinski definition) is 3. The fourth-order valence-electron chi connectivity index (χ4n) is 0. The number of nitrogens with one attached hydrogen (secondary N) is 1. The van der Waals surface area contributed by atoms with Crippen LogP contribution in [0.15, 0.2) is 0 Å². The summed E-state index contributed by atoms with van der Waals surface area (Å²) in [5.74, 6) is 0. The van der Waals surface area contributed by atoms with Gasteiger partial charge < -0.3 is 4.89 Å². The Morgan fingerprint density at radius 2 is 1.75 bits per heavy atom. The highest BCUT2D eigenvalue weighted by molar-refractivity contribution is 7.78. The van der Waals surface area contributed by atoms with Crippen molar-refractivity contribution >= 4 is 24.7 Å². The highest BCUT2D eigenvalue weighted by atomic mass is 32.1. The molecule has 0 saturated carbocycles. The van der Waals surface area contributed by atoms with Gasteiger partial charge in [0.15, 0.2) is 7.37 Å². The molecule has 0 aromatic carbocycles. The number of hydrogen-bond donors (Lipinski definition) is 2. The highest BCUT2D eigenvalue weighted by Crippen LogP contribution is 2.27. The molecule has 5 heteroatoms. The molecule has 0 saturated heterocycles. The fourth-order valence-corrected chi connectivity index (χ4v) is 0. The lowest BCUT2D eigenvalue weighted by molar-refractivity contribution is 0.492. The van der Waals surface area contributed by atoms with Crippen molar-refractivity contribution in [3.05, 3.63) is 0 Å². The Morgan fingerprint density at radius 1 is 1.75 bits per heavy atom. The van der Waals surface area contributed by atoms with Gasteiger partial charge in [-0.15, -0.1) is 0 Å². The van der Waals surface area contributed by atoms with Crippen LogP contribution in [0.1, 0.15) is 0 Å². The van der Waals surface area contributed by atoms with E-state index in [0.29, 0.717) is 0 Å². The summed E-state index contributed by atoms with van der Waals surface area (Å²) in [7, 11) is -2.64. The zero-order valence-electron chi connectivity index (χ0n) is 4.71. The molecule has 0 aromatic heterocycles. The zero-order chi connectivity index (χ0) is 7.21. The molecule has 0 rings (SSSR count). The largest absolute Gasteiger partial charge is 0.345 e. The van der Waals surface area contributed by atoms with Crippen LogP contribution in [0.5, 0.6) is 0 Å². The van der Waals surface area contributed by atoms with Crippen LogP contribution in [0, 0.1) is 5.41 Å². The average molecular weight is 153 g/mol. The first-order valence-electron chi connectivity index (χ1n) is 1.73. The standard InChI is InChI=1S/C2H7O2P.CHNS/c1-5(2,3)4;2-1-3/h1-2H3,(H,3,4);2H. The predicted molar refractivity (Wildman–Crippen MR) is 37.0 cm³/mol. The van der Waals surface area contributed by atoms with Crippen LogP contribution in [0.2, 0.25) is 0 Å². The van der Waals surface area contributed by atoms with E-state index < -0.39 is 7.37 Å². The maximum Gasteiger partial charge on any atom is 0.194 e. The van der Waals surface area contributed by atoms with Crippen LogP contribution in [-0.4, -0.2) is 23.4 Å². The van der Waals surface area contributed by atoms with Crippen LogP contribution < -0.4 is 0 Å². The van der Waals surface area contributed by atoms with Crippen LogP contribution in [0.25, 0.3) is 0 Å². The lowest BCUT2D eigenvalue weighted by atomic mass is 11.8. The second-order valence-corrected chi connectivity index (χ2v) is 4.19. The number of rotatable bonds is 0. The number of isothiocyanates is 1. The lowest BCUT2D eigenvalue weighted by Crippen LogP contribution is -1.62. The van der Waals surface area contributed by atoms with E-state index in [-0.39, 0.29) is 0 Å². The van der Waals surface area contributed by atoms with Gasteiger partial charge in [-0.25, -0.2) is 5.41 Å². The minimum atomic E-state index is -2.64. The average Bonchev–Trinajstić information content (AvgIpc) is 1.27. The van der Waals surface area contributed by atoms with Gasteiger partial charge in [-0.05, 0) is 12.2 Å². The highest BCUT2D eigenvalue weighted by Gasteiger charge is 1.92. The van der Waals surface area contributed by atoms with Crippen molar-refractivity contribution in [2.45, 2.75) is 0 Å². The summed E-state index contributed by atoms with van der Waals surface area (Å²) in [5.41, 5.74) is 0. The molecule has 0 atom stereocenters. The van der Waals surface area contributed by atoms with E-state index in [1.54, 1.807) is 5.16 Å². The Balaban J connectivity index is 0. The molecule has 3 nitrogen and oxygen atoms in total. The van der Waals surface area contributed by atoms with Gasteiger partial charge in [0.25, 0.3) is 0 Å². The summed E-state index contributed by atoms with van der Waals surface area (Å²) in [6.07, 6.45) is 0. The van der Waals surface area contributed by atoms with Crippen molar-refractivity contribution in [1.29, 1.82) is 5.41 Å². The van der Waals surface area contributed by atoms with E-state index in [1.165, 1.54) is 13.3 Å². The van der Waals surface area contributed by atoms with Gasteiger partial charge in [0.1, 0.15) is 0 Å². The molecule has 0 heterocycles. The first-order valence-corrected chi connectivity index (χ1v) is 4.69. The molecule has 0 fully saturated rings. The zero-order valence-corrected chi connectivity index (χ0v) is 6.42. The fraction of sp³-hybridized carbons (Fsp3) is 0.667. The van der Waals surface area contributed by atoms with Gasteiger partial charge in [-0.2, -0.15) is 0 Å². The minimum absolute atomic E-state index is 1.30. The van der Waals surface area contributed by atoms with Crippen molar-refractivity contribution in [3.63, 3.8) is 0 Å². The summed E-state index contributed by atoms with van der Waals surface area (Å²) in [4.78, 5) is 8.08. The third kappa shape index (κ3) is 1490000. The molecular weight excluding hydrogens is 145 g/mol. The molecule has 0 amide bonds. The molecule has 48 valence electrons. The second-order valence-electron chi connectivity index (χ2n) is 1.40. The molecular formula is C3H8NO2PS. The molecule has 0 radical (unpaired) electrons. The van der Waals surface area contributed by atoms with Gasteiger partial charge in [-0.3, -0.25) is 4.57 Å². The Hall–Kier alpha value is -0.0100. The van der Waals surface area contributed by atoms with E-state index in [4.69, 9.17) is 10.3 Å². The van der Waals surface area contributed by atoms with Crippen LogP contribution >= 0.6 is 19.6 Å². The van der Waals surface area contributed by atoms with Gasteiger partial charge in [-0.1, -0.05) is 0 Å². The third-order valence-electron chi connectivity index (χ3n) is 0. The topological polar surface area (TPSA) is 61.1 Å². The van der Waals surface area contributed by atoms with Crippen molar-refractivity contribution in [3.8, 4) is 0 Å². The van der Waals surface area contributed by atoms with Gasteiger partial charge in [0.05, 0.1) is 5.16 Å². The van der Waals surface area contributed by atoms with E-state index in [1.807, 2.05) is 0 Å². The maximum atomic E-state index is 9.77. The normalized spacial score (nSPS) is 8.38. The first-order chi connectivity index (χ1) is 3.41. The molecule has 8 heavy (non-hydrogen) atoms. The number of thiocarbonyl (C=S) groups is 1. The Labute approximate surface area is 53.7 Å². The van der Waals surface area contributed by atoms with E-state index in [0.717, 1.165) is 0 Å². The Kier molecular flexibility index (Phi) is 6.98. The predicted octanol–water partition coefficient (Wildman–Crippen LogP) is 1.18.